The van der Waals surface area contributed by atoms with Crippen LogP contribution in [0.25, 0.3) is 0 Å². The standard InChI is InChI=1S/C14H14F2N2OS2/c1-7-12(6-13(17)19)21-14(18-7)20-8(2)10-4-3-9(15)5-11(10)16/h3-5,8H,6H2,1-2H3,(H2,17,19). The first-order valence-corrected chi connectivity index (χ1v) is 7.92. The van der Waals surface area contributed by atoms with Gasteiger partial charge in [-0.15, -0.1) is 11.3 Å². The lowest BCUT2D eigenvalue weighted by Gasteiger charge is -2.10. The Hall–Kier alpha value is -1.47. The number of nitrogens with zero attached hydrogens (tertiary/aromatic N) is 1. The van der Waals surface area contributed by atoms with Crippen molar-refractivity contribution in [2.75, 3.05) is 0 Å². The fraction of sp³-hybridized carbons (Fsp3) is 0.286. The lowest BCUT2D eigenvalue weighted by Crippen LogP contribution is -2.13. The maximum absolute atomic E-state index is 13.7. The maximum Gasteiger partial charge on any atom is 0.222 e. The Kier molecular flexibility index (Phi) is 4.95. The molecule has 7 heteroatoms. The van der Waals surface area contributed by atoms with Crippen LogP contribution in [-0.4, -0.2) is 10.9 Å². The van der Waals surface area contributed by atoms with Gasteiger partial charge < -0.3 is 5.73 Å². The highest BCUT2D eigenvalue weighted by atomic mass is 32.2. The van der Waals surface area contributed by atoms with Crippen LogP contribution in [0.3, 0.4) is 0 Å². The van der Waals surface area contributed by atoms with E-state index in [2.05, 4.69) is 4.98 Å². The first-order chi connectivity index (χ1) is 9.86. The number of aryl methyl sites for hydroxylation is 1. The molecule has 0 bridgehead atoms. The summed E-state index contributed by atoms with van der Waals surface area (Å²) in [6, 6.07) is 3.55. The molecule has 2 aromatic rings. The number of aromatic nitrogens is 1. The van der Waals surface area contributed by atoms with E-state index in [0.29, 0.717) is 5.56 Å². The van der Waals surface area contributed by atoms with Crippen molar-refractivity contribution < 1.29 is 13.6 Å². The number of thioether (sulfide) groups is 1. The van der Waals surface area contributed by atoms with E-state index >= 15 is 0 Å². The summed E-state index contributed by atoms with van der Waals surface area (Å²) in [4.78, 5) is 16.1. The number of carbonyl (C=O) groups excluding carboxylic acids is 1. The molecule has 0 saturated heterocycles. The van der Waals surface area contributed by atoms with Crippen LogP contribution >= 0.6 is 23.1 Å². The Balaban J connectivity index is 2.15. The van der Waals surface area contributed by atoms with Crippen molar-refractivity contribution in [3.63, 3.8) is 0 Å². The topological polar surface area (TPSA) is 56.0 Å². The largest absolute Gasteiger partial charge is 0.369 e. The fourth-order valence-electron chi connectivity index (χ4n) is 1.82. The molecule has 0 fully saturated rings. The summed E-state index contributed by atoms with van der Waals surface area (Å²) in [7, 11) is 0. The average molecular weight is 328 g/mol. The summed E-state index contributed by atoms with van der Waals surface area (Å²) in [6.45, 7) is 3.63. The van der Waals surface area contributed by atoms with Crippen molar-refractivity contribution >= 4 is 29.0 Å². The van der Waals surface area contributed by atoms with Gasteiger partial charge in [0.05, 0.1) is 12.1 Å². The first-order valence-electron chi connectivity index (χ1n) is 6.23. The molecule has 2 rings (SSSR count). The molecule has 0 saturated carbocycles. The van der Waals surface area contributed by atoms with Crippen molar-refractivity contribution in [3.8, 4) is 0 Å². The second kappa shape index (κ2) is 6.53. The van der Waals surface area contributed by atoms with E-state index in [-0.39, 0.29) is 11.7 Å². The van der Waals surface area contributed by atoms with Crippen LogP contribution in [0.5, 0.6) is 0 Å². The van der Waals surface area contributed by atoms with Gasteiger partial charge in [-0.05, 0) is 19.9 Å². The van der Waals surface area contributed by atoms with Gasteiger partial charge in [-0.25, -0.2) is 13.8 Å². The van der Waals surface area contributed by atoms with E-state index in [9.17, 15) is 13.6 Å². The minimum Gasteiger partial charge on any atom is -0.369 e. The van der Waals surface area contributed by atoms with Crippen molar-refractivity contribution in [1.29, 1.82) is 0 Å². The Morgan fingerprint density at radius 1 is 1.48 bits per heavy atom. The van der Waals surface area contributed by atoms with Crippen LogP contribution < -0.4 is 5.73 Å². The Morgan fingerprint density at radius 2 is 2.19 bits per heavy atom. The number of nitrogens with two attached hydrogens (primary N) is 1. The second-order valence-corrected chi connectivity index (χ2v) is 7.23. The monoisotopic (exact) mass is 328 g/mol. The Bertz CT molecular complexity index is 673. The van der Waals surface area contributed by atoms with E-state index in [0.717, 1.165) is 21.0 Å². The summed E-state index contributed by atoms with van der Waals surface area (Å²) >= 11 is 2.75. The molecule has 2 N–H and O–H groups in total. The molecule has 1 aromatic carbocycles. The highest BCUT2D eigenvalue weighted by Crippen LogP contribution is 2.39. The van der Waals surface area contributed by atoms with Crippen LogP contribution in [0.4, 0.5) is 8.78 Å². The average Bonchev–Trinajstić information content (AvgIpc) is 2.68. The minimum atomic E-state index is -0.595. The quantitative estimate of drug-likeness (QED) is 0.853. The minimum absolute atomic E-state index is 0.156. The molecule has 112 valence electrons. The number of hydrogen-bond acceptors (Lipinski definition) is 4. The normalized spacial score (nSPS) is 12.4. The summed E-state index contributed by atoms with van der Waals surface area (Å²) in [5.41, 5.74) is 6.36. The zero-order valence-corrected chi connectivity index (χ0v) is 13.2. The van der Waals surface area contributed by atoms with E-state index in [4.69, 9.17) is 5.73 Å². The third-order valence-corrected chi connectivity index (χ3v) is 5.28. The SMILES string of the molecule is Cc1nc(SC(C)c2ccc(F)cc2F)sc1CC(N)=O. The molecule has 3 nitrogen and oxygen atoms in total. The number of amides is 1. The van der Waals surface area contributed by atoms with E-state index in [1.165, 1.54) is 35.2 Å². The molecule has 1 unspecified atom stereocenters. The molecule has 0 aliphatic carbocycles. The molecule has 0 spiro atoms. The molecule has 0 aliphatic rings. The zero-order valence-electron chi connectivity index (χ0n) is 11.5. The molecule has 1 atom stereocenters. The van der Waals surface area contributed by atoms with Crippen molar-refractivity contribution in [1.82, 2.24) is 4.98 Å². The van der Waals surface area contributed by atoms with E-state index in [1.54, 1.807) is 0 Å². The summed E-state index contributed by atoms with van der Waals surface area (Å²) in [5.74, 6) is -1.57. The van der Waals surface area contributed by atoms with Crippen LogP contribution in [0.2, 0.25) is 0 Å². The van der Waals surface area contributed by atoms with E-state index in [1.807, 2.05) is 13.8 Å². The van der Waals surface area contributed by atoms with Crippen LogP contribution in [0, 0.1) is 18.6 Å². The van der Waals surface area contributed by atoms with Gasteiger partial charge in [-0.1, -0.05) is 17.8 Å². The molecule has 1 amide bonds. The molecular formula is C14H14F2N2OS2. The number of rotatable bonds is 5. The summed E-state index contributed by atoms with van der Waals surface area (Å²) < 4.78 is 27.4. The lowest BCUT2D eigenvalue weighted by molar-refractivity contribution is -0.117. The predicted molar refractivity (Wildman–Crippen MR) is 80.4 cm³/mol. The van der Waals surface area contributed by atoms with Crippen LogP contribution in [0.1, 0.15) is 28.3 Å². The van der Waals surface area contributed by atoms with E-state index < -0.39 is 17.5 Å². The Morgan fingerprint density at radius 3 is 2.81 bits per heavy atom. The fourth-order valence-corrected chi connectivity index (χ4v) is 4.36. The van der Waals surface area contributed by atoms with Crippen molar-refractivity contribution in [2.45, 2.75) is 29.9 Å². The highest BCUT2D eigenvalue weighted by molar-refractivity contribution is 8.01. The number of hydrogen-bond donors (Lipinski definition) is 1. The number of primary amides is 1. The van der Waals surface area contributed by atoms with Crippen molar-refractivity contribution in [3.05, 3.63) is 46.0 Å². The van der Waals surface area contributed by atoms with Crippen molar-refractivity contribution in [2.24, 2.45) is 5.73 Å². The lowest BCUT2D eigenvalue weighted by atomic mass is 10.1. The van der Waals surface area contributed by atoms with Gasteiger partial charge in [-0.2, -0.15) is 0 Å². The van der Waals surface area contributed by atoms with Gasteiger partial charge in [0.2, 0.25) is 5.91 Å². The molecule has 21 heavy (non-hydrogen) atoms. The molecule has 0 aliphatic heterocycles. The van der Waals surface area contributed by atoms with Crippen LogP contribution in [-0.2, 0) is 11.2 Å². The first kappa shape index (κ1) is 15.9. The van der Waals surface area contributed by atoms with Gasteiger partial charge in [-0.3, -0.25) is 4.79 Å². The third-order valence-electron chi connectivity index (χ3n) is 2.89. The zero-order chi connectivity index (χ0) is 15.6. The number of halogens is 2. The smallest absolute Gasteiger partial charge is 0.222 e. The van der Waals surface area contributed by atoms with Gasteiger partial charge in [0.1, 0.15) is 11.6 Å². The number of benzene rings is 1. The molecule has 1 aromatic heterocycles. The van der Waals surface area contributed by atoms with Gasteiger partial charge in [0, 0.05) is 21.8 Å². The van der Waals surface area contributed by atoms with Gasteiger partial charge in [0.25, 0.3) is 0 Å². The molecular weight excluding hydrogens is 314 g/mol. The number of carbonyl (C=O) groups is 1. The summed E-state index contributed by atoms with van der Waals surface area (Å²) in [5, 5.41) is -0.211. The second-order valence-electron chi connectivity index (χ2n) is 4.56. The molecule has 1 heterocycles. The van der Waals surface area contributed by atoms with Crippen LogP contribution in [0.15, 0.2) is 22.5 Å². The third kappa shape index (κ3) is 4.01. The predicted octanol–water partition coefficient (Wildman–Crippen LogP) is 3.61. The maximum atomic E-state index is 13.7. The number of thiazole rings is 1. The highest BCUT2D eigenvalue weighted by Gasteiger charge is 2.17. The Labute approximate surface area is 129 Å². The molecule has 0 radical (unpaired) electrons. The summed E-state index contributed by atoms with van der Waals surface area (Å²) in [6.07, 6.45) is 0.156. The van der Waals surface area contributed by atoms with Gasteiger partial charge >= 0.3 is 0 Å². The van der Waals surface area contributed by atoms with Gasteiger partial charge in [0.15, 0.2) is 4.34 Å².